The van der Waals surface area contributed by atoms with E-state index >= 15 is 0 Å². The van der Waals surface area contributed by atoms with Crippen molar-refractivity contribution in [3.63, 3.8) is 0 Å². The molecule has 0 spiro atoms. The van der Waals surface area contributed by atoms with E-state index in [1.807, 2.05) is 6.07 Å². The number of nitrogens with zero attached hydrogens (tertiary/aromatic N) is 1. The fraction of sp³-hybridized carbons (Fsp3) is 0.429. The first-order valence-corrected chi connectivity index (χ1v) is 6.64. The van der Waals surface area contributed by atoms with E-state index in [9.17, 15) is 9.59 Å². The van der Waals surface area contributed by atoms with E-state index in [-0.39, 0.29) is 18.4 Å². The molecule has 0 atom stereocenters. The zero-order valence-corrected chi connectivity index (χ0v) is 11.4. The molecule has 2 rings (SSSR count). The lowest BCUT2D eigenvalue weighted by Gasteiger charge is -2.16. The van der Waals surface area contributed by atoms with Crippen LogP contribution in [0.2, 0.25) is 0 Å². The molecule has 1 aromatic rings. The van der Waals surface area contributed by atoms with E-state index in [0.717, 1.165) is 18.7 Å². The lowest BCUT2D eigenvalue weighted by Crippen LogP contribution is -2.29. The molecule has 1 heterocycles. The maximum atomic E-state index is 11.7. The Morgan fingerprint density at radius 3 is 3.00 bits per heavy atom. The minimum atomic E-state index is -0.352. The maximum absolute atomic E-state index is 11.7. The van der Waals surface area contributed by atoms with Gasteiger partial charge < -0.3 is 9.64 Å². The van der Waals surface area contributed by atoms with Gasteiger partial charge in [-0.05, 0) is 25.5 Å². The summed E-state index contributed by atoms with van der Waals surface area (Å²) in [4.78, 5) is 29.5. The van der Waals surface area contributed by atoms with Gasteiger partial charge >= 0.3 is 0 Å². The molecule has 1 aliphatic rings. The van der Waals surface area contributed by atoms with Crippen LogP contribution in [0.15, 0.2) is 24.3 Å². The average molecular weight is 278 g/mol. The molecule has 1 aliphatic heterocycles. The van der Waals surface area contributed by atoms with E-state index < -0.39 is 0 Å². The minimum absolute atomic E-state index is 0.122. The van der Waals surface area contributed by atoms with Crippen LogP contribution in [0.3, 0.4) is 0 Å². The summed E-state index contributed by atoms with van der Waals surface area (Å²) in [6, 6.07) is 7.17. The first kappa shape index (κ1) is 14.3. The van der Waals surface area contributed by atoms with Crippen molar-refractivity contribution in [3.8, 4) is 5.75 Å². The zero-order chi connectivity index (χ0) is 14.4. The van der Waals surface area contributed by atoms with Gasteiger partial charge in [0, 0.05) is 24.7 Å². The summed E-state index contributed by atoms with van der Waals surface area (Å²) in [5.41, 5.74) is 3.05. The van der Waals surface area contributed by atoms with Crippen LogP contribution >= 0.6 is 0 Å². The van der Waals surface area contributed by atoms with Gasteiger partial charge in [-0.2, -0.15) is 0 Å². The first-order valence-electron chi connectivity index (χ1n) is 6.64. The highest BCUT2D eigenvalue weighted by Crippen LogP contribution is 2.25. The monoisotopic (exact) mass is 278 g/mol. The Morgan fingerprint density at radius 2 is 2.30 bits per heavy atom. The van der Waals surface area contributed by atoms with Crippen molar-refractivity contribution in [2.24, 2.45) is 0 Å². The molecule has 6 heteroatoms. The van der Waals surface area contributed by atoms with Crippen molar-refractivity contribution in [2.75, 3.05) is 24.7 Å². The van der Waals surface area contributed by atoms with E-state index in [2.05, 4.69) is 5.48 Å². The molecule has 0 radical (unpaired) electrons. The SMILES string of the molecule is CCONC(=O)COc1cccc(N2CCCC2=O)c1. The van der Waals surface area contributed by atoms with Gasteiger partial charge in [-0.1, -0.05) is 6.07 Å². The van der Waals surface area contributed by atoms with Crippen molar-refractivity contribution in [2.45, 2.75) is 19.8 Å². The summed E-state index contributed by atoms with van der Waals surface area (Å²) in [5.74, 6) is 0.319. The van der Waals surface area contributed by atoms with Gasteiger partial charge in [0.05, 0.1) is 6.61 Å². The lowest BCUT2D eigenvalue weighted by atomic mass is 10.3. The number of carbonyl (C=O) groups excluding carboxylic acids is 2. The Balaban J connectivity index is 1.92. The number of nitrogens with one attached hydrogen (secondary N) is 1. The van der Waals surface area contributed by atoms with Crippen LogP contribution in [0.1, 0.15) is 19.8 Å². The predicted octanol–water partition coefficient (Wildman–Crippen LogP) is 1.26. The highest BCUT2D eigenvalue weighted by atomic mass is 16.7. The Hall–Kier alpha value is -2.08. The smallest absolute Gasteiger partial charge is 0.281 e. The van der Waals surface area contributed by atoms with Gasteiger partial charge in [-0.15, -0.1) is 0 Å². The maximum Gasteiger partial charge on any atom is 0.281 e. The number of hydrogen-bond donors (Lipinski definition) is 1. The van der Waals surface area contributed by atoms with Gasteiger partial charge in [0.25, 0.3) is 5.91 Å². The molecule has 2 amide bonds. The molecule has 6 nitrogen and oxygen atoms in total. The standard InChI is InChI=1S/C14H18N2O4/c1-2-20-15-13(17)10-19-12-6-3-5-11(9-12)16-8-4-7-14(16)18/h3,5-6,9H,2,4,7-8,10H2,1H3,(H,15,17). The minimum Gasteiger partial charge on any atom is -0.484 e. The largest absolute Gasteiger partial charge is 0.484 e. The van der Waals surface area contributed by atoms with Crippen LogP contribution in [0, 0.1) is 0 Å². The molecule has 1 N–H and O–H groups in total. The van der Waals surface area contributed by atoms with E-state index in [4.69, 9.17) is 9.57 Å². The highest BCUT2D eigenvalue weighted by Gasteiger charge is 2.21. The molecule has 0 saturated carbocycles. The second-order valence-electron chi connectivity index (χ2n) is 4.39. The second-order valence-corrected chi connectivity index (χ2v) is 4.39. The number of rotatable bonds is 6. The summed E-state index contributed by atoms with van der Waals surface area (Å²) in [6.45, 7) is 2.78. The van der Waals surface area contributed by atoms with Crippen molar-refractivity contribution < 1.29 is 19.2 Å². The third-order valence-corrected chi connectivity index (χ3v) is 2.90. The summed E-state index contributed by atoms with van der Waals surface area (Å²) < 4.78 is 5.37. The number of carbonyl (C=O) groups is 2. The summed E-state index contributed by atoms with van der Waals surface area (Å²) in [7, 11) is 0. The number of ether oxygens (including phenoxy) is 1. The van der Waals surface area contributed by atoms with Crippen molar-refractivity contribution >= 4 is 17.5 Å². The molecule has 0 aromatic heterocycles. The number of amides is 2. The van der Waals surface area contributed by atoms with Crippen LogP contribution < -0.4 is 15.1 Å². The van der Waals surface area contributed by atoms with Crippen molar-refractivity contribution in [1.29, 1.82) is 0 Å². The summed E-state index contributed by atoms with van der Waals surface area (Å²) >= 11 is 0. The quantitative estimate of drug-likeness (QED) is 0.795. The summed E-state index contributed by atoms with van der Waals surface area (Å²) in [5, 5.41) is 0. The molecule has 1 aromatic carbocycles. The second kappa shape index (κ2) is 6.91. The number of benzene rings is 1. The van der Waals surface area contributed by atoms with Crippen LogP contribution in [0.4, 0.5) is 5.69 Å². The van der Waals surface area contributed by atoms with Crippen LogP contribution in [-0.4, -0.2) is 31.6 Å². The molecule has 1 saturated heterocycles. The molecule has 0 bridgehead atoms. The van der Waals surface area contributed by atoms with Crippen LogP contribution in [-0.2, 0) is 14.4 Å². The zero-order valence-electron chi connectivity index (χ0n) is 11.4. The van der Waals surface area contributed by atoms with Crippen LogP contribution in [0.25, 0.3) is 0 Å². The van der Waals surface area contributed by atoms with E-state index in [0.29, 0.717) is 18.8 Å². The first-order chi connectivity index (χ1) is 9.70. The molecule has 0 aliphatic carbocycles. The van der Waals surface area contributed by atoms with Gasteiger partial charge in [0.2, 0.25) is 5.91 Å². The number of hydroxylamine groups is 1. The van der Waals surface area contributed by atoms with Crippen molar-refractivity contribution in [3.05, 3.63) is 24.3 Å². The summed E-state index contributed by atoms with van der Waals surface area (Å²) in [6.07, 6.45) is 1.46. The fourth-order valence-corrected chi connectivity index (χ4v) is 1.99. The average Bonchev–Trinajstić information content (AvgIpc) is 2.89. The van der Waals surface area contributed by atoms with Crippen molar-refractivity contribution in [1.82, 2.24) is 5.48 Å². The van der Waals surface area contributed by atoms with Gasteiger partial charge in [0.1, 0.15) is 5.75 Å². The highest BCUT2D eigenvalue weighted by molar-refractivity contribution is 5.95. The molecule has 20 heavy (non-hydrogen) atoms. The molecular formula is C14H18N2O4. The van der Waals surface area contributed by atoms with Gasteiger partial charge in [-0.25, -0.2) is 5.48 Å². The third kappa shape index (κ3) is 3.71. The van der Waals surface area contributed by atoms with Crippen LogP contribution in [0.5, 0.6) is 5.75 Å². The van der Waals surface area contributed by atoms with Gasteiger partial charge in [-0.3, -0.25) is 14.4 Å². The molecular weight excluding hydrogens is 260 g/mol. The van der Waals surface area contributed by atoms with E-state index in [1.54, 1.807) is 30.0 Å². The third-order valence-electron chi connectivity index (χ3n) is 2.90. The number of hydrogen-bond acceptors (Lipinski definition) is 4. The Labute approximate surface area is 117 Å². The Morgan fingerprint density at radius 1 is 1.45 bits per heavy atom. The molecule has 0 unspecified atom stereocenters. The predicted molar refractivity (Wildman–Crippen MR) is 73.3 cm³/mol. The lowest BCUT2D eigenvalue weighted by molar-refractivity contribution is -0.135. The van der Waals surface area contributed by atoms with E-state index in [1.165, 1.54) is 0 Å². The van der Waals surface area contributed by atoms with Gasteiger partial charge in [0.15, 0.2) is 6.61 Å². The molecule has 1 fully saturated rings. The Bertz CT molecular complexity index is 490. The number of anilines is 1. The topological polar surface area (TPSA) is 67.9 Å². The molecule has 108 valence electrons. The fourth-order valence-electron chi connectivity index (χ4n) is 1.99. The Kier molecular flexibility index (Phi) is 4.95. The normalized spacial score (nSPS) is 14.4.